The van der Waals surface area contributed by atoms with Crippen LogP contribution in [-0.2, 0) is 6.54 Å². The van der Waals surface area contributed by atoms with Crippen LogP contribution in [-0.4, -0.2) is 12.4 Å². The molecule has 1 aromatic rings. The first-order valence-electron chi connectivity index (χ1n) is 8.13. The monoisotopic (exact) mass is 313 g/mol. The van der Waals surface area contributed by atoms with Gasteiger partial charge in [-0.3, -0.25) is 0 Å². The number of hydrogen-bond donors (Lipinski definition) is 1. The average Bonchev–Trinajstić information content (AvgIpc) is 3.30. The van der Waals surface area contributed by atoms with Crippen LogP contribution in [0.2, 0.25) is 0 Å². The molecule has 1 aromatic carbocycles. The molecule has 22 heavy (non-hydrogen) atoms. The quantitative estimate of drug-likeness (QED) is 0.836. The van der Waals surface area contributed by atoms with Crippen molar-refractivity contribution in [2.24, 2.45) is 0 Å². The number of rotatable bonds is 5. The predicted molar refractivity (Wildman–Crippen MR) is 78.8 cm³/mol. The highest BCUT2D eigenvalue weighted by Crippen LogP contribution is 2.45. The van der Waals surface area contributed by atoms with Crippen molar-refractivity contribution in [3.05, 3.63) is 29.3 Å². The van der Waals surface area contributed by atoms with Gasteiger partial charge in [0.15, 0.2) is 0 Å². The molecule has 2 aliphatic rings. The molecule has 2 saturated carbocycles. The summed E-state index contributed by atoms with van der Waals surface area (Å²) in [5, 5.41) is 3.53. The van der Waals surface area contributed by atoms with Crippen LogP contribution < -0.4 is 10.1 Å². The van der Waals surface area contributed by atoms with E-state index in [1.165, 1.54) is 38.2 Å². The van der Waals surface area contributed by atoms with E-state index < -0.39 is 6.36 Å². The highest BCUT2D eigenvalue weighted by atomic mass is 19.4. The van der Waals surface area contributed by atoms with Gasteiger partial charge in [-0.05, 0) is 48.8 Å². The second-order valence-electron chi connectivity index (χ2n) is 6.41. The molecule has 2 fully saturated rings. The molecule has 0 atom stereocenters. The zero-order valence-electron chi connectivity index (χ0n) is 12.6. The summed E-state index contributed by atoms with van der Waals surface area (Å²) in [5.74, 6) is 0.198. The Bertz CT molecular complexity index is 505. The van der Waals surface area contributed by atoms with Crippen LogP contribution in [0.4, 0.5) is 13.2 Å². The predicted octanol–water partition coefficient (Wildman–Crippen LogP) is 4.88. The standard InChI is InChI=1S/C17H22F3NO/c18-17(19,20)22-16-9-6-12(10-15(16)13-7-8-13)11-21-14-4-2-1-3-5-14/h6,9-10,13-14,21H,1-5,7-8,11H2. The third-order valence-electron chi connectivity index (χ3n) is 4.52. The lowest BCUT2D eigenvalue weighted by atomic mass is 9.95. The highest BCUT2D eigenvalue weighted by molar-refractivity contribution is 5.42. The van der Waals surface area contributed by atoms with Crippen molar-refractivity contribution >= 4 is 0 Å². The van der Waals surface area contributed by atoms with Crippen molar-refractivity contribution in [2.45, 2.75) is 69.8 Å². The van der Waals surface area contributed by atoms with Gasteiger partial charge in [0, 0.05) is 12.6 Å². The van der Waals surface area contributed by atoms with E-state index in [9.17, 15) is 13.2 Å². The summed E-state index contributed by atoms with van der Waals surface area (Å²) in [5.41, 5.74) is 1.75. The van der Waals surface area contributed by atoms with Crippen molar-refractivity contribution < 1.29 is 17.9 Å². The summed E-state index contributed by atoms with van der Waals surface area (Å²) in [7, 11) is 0. The van der Waals surface area contributed by atoms with E-state index in [4.69, 9.17) is 0 Å². The number of halogens is 3. The zero-order valence-corrected chi connectivity index (χ0v) is 12.6. The number of nitrogens with one attached hydrogen (secondary N) is 1. The molecule has 0 amide bonds. The molecule has 1 N–H and O–H groups in total. The third-order valence-corrected chi connectivity index (χ3v) is 4.52. The lowest BCUT2D eigenvalue weighted by molar-refractivity contribution is -0.274. The first-order valence-corrected chi connectivity index (χ1v) is 8.13. The third kappa shape index (κ3) is 4.38. The fourth-order valence-corrected chi connectivity index (χ4v) is 3.21. The Balaban J connectivity index is 1.66. The maximum atomic E-state index is 12.5. The Morgan fingerprint density at radius 3 is 2.41 bits per heavy atom. The SMILES string of the molecule is FC(F)(F)Oc1ccc(CNC2CCCCC2)cc1C1CC1. The molecule has 0 saturated heterocycles. The number of ether oxygens (including phenoxy) is 1. The van der Waals surface area contributed by atoms with Gasteiger partial charge in [0.2, 0.25) is 0 Å². The van der Waals surface area contributed by atoms with Crippen molar-refractivity contribution in [3.63, 3.8) is 0 Å². The summed E-state index contributed by atoms with van der Waals surface area (Å²) in [6.07, 6.45) is 3.53. The van der Waals surface area contributed by atoms with Crippen LogP contribution in [0.3, 0.4) is 0 Å². The van der Waals surface area contributed by atoms with E-state index in [1.807, 2.05) is 6.07 Å². The number of alkyl halides is 3. The Hall–Kier alpha value is -1.23. The Morgan fingerprint density at radius 2 is 1.77 bits per heavy atom. The Labute approximate surface area is 129 Å². The minimum atomic E-state index is -4.62. The molecule has 0 aromatic heterocycles. The lowest BCUT2D eigenvalue weighted by Crippen LogP contribution is -2.30. The smallest absolute Gasteiger partial charge is 0.405 e. The van der Waals surface area contributed by atoms with E-state index in [0.29, 0.717) is 11.6 Å². The maximum Gasteiger partial charge on any atom is 0.573 e. The average molecular weight is 313 g/mol. The molecule has 3 rings (SSSR count). The molecule has 0 bridgehead atoms. The zero-order chi connectivity index (χ0) is 15.6. The van der Waals surface area contributed by atoms with E-state index in [1.54, 1.807) is 6.07 Å². The normalized spacial score (nSPS) is 20.1. The number of hydrogen-bond acceptors (Lipinski definition) is 2. The van der Waals surface area contributed by atoms with Crippen LogP contribution in [0.5, 0.6) is 5.75 Å². The van der Waals surface area contributed by atoms with Gasteiger partial charge in [-0.25, -0.2) is 0 Å². The van der Waals surface area contributed by atoms with E-state index in [0.717, 1.165) is 24.9 Å². The van der Waals surface area contributed by atoms with Gasteiger partial charge < -0.3 is 10.1 Å². The van der Waals surface area contributed by atoms with Crippen LogP contribution in [0.15, 0.2) is 18.2 Å². The molecule has 2 aliphatic carbocycles. The highest BCUT2D eigenvalue weighted by Gasteiger charge is 2.35. The first kappa shape index (κ1) is 15.7. The minimum Gasteiger partial charge on any atom is -0.405 e. The molecule has 0 spiro atoms. The van der Waals surface area contributed by atoms with Gasteiger partial charge in [0.25, 0.3) is 0 Å². The molecule has 0 radical (unpaired) electrons. The van der Waals surface area contributed by atoms with Crippen LogP contribution in [0, 0.1) is 0 Å². The molecular weight excluding hydrogens is 291 g/mol. The minimum absolute atomic E-state index is 0.0311. The van der Waals surface area contributed by atoms with Gasteiger partial charge >= 0.3 is 6.36 Å². The fraction of sp³-hybridized carbons (Fsp3) is 0.647. The van der Waals surface area contributed by atoms with Gasteiger partial charge in [0.1, 0.15) is 5.75 Å². The molecule has 0 heterocycles. The largest absolute Gasteiger partial charge is 0.573 e. The van der Waals surface area contributed by atoms with Crippen LogP contribution in [0.1, 0.15) is 62.0 Å². The van der Waals surface area contributed by atoms with Crippen LogP contribution in [0.25, 0.3) is 0 Å². The van der Waals surface area contributed by atoms with Gasteiger partial charge in [-0.2, -0.15) is 0 Å². The lowest BCUT2D eigenvalue weighted by Gasteiger charge is -2.23. The Morgan fingerprint density at radius 1 is 1.05 bits per heavy atom. The molecule has 2 nitrogen and oxygen atoms in total. The van der Waals surface area contributed by atoms with E-state index in [2.05, 4.69) is 10.1 Å². The fourth-order valence-electron chi connectivity index (χ4n) is 3.21. The molecule has 0 aliphatic heterocycles. The summed E-state index contributed by atoms with van der Waals surface area (Å²) in [6.45, 7) is 0.719. The summed E-state index contributed by atoms with van der Waals surface area (Å²) in [6, 6.07) is 5.64. The summed E-state index contributed by atoms with van der Waals surface area (Å²) >= 11 is 0. The van der Waals surface area contributed by atoms with Gasteiger partial charge in [0.05, 0.1) is 0 Å². The second kappa shape index (κ2) is 6.49. The molecule has 0 unspecified atom stereocenters. The molecular formula is C17H22F3NO. The first-order chi connectivity index (χ1) is 10.5. The van der Waals surface area contributed by atoms with Gasteiger partial charge in [-0.15, -0.1) is 13.2 Å². The van der Waals surface area contributed by atoms with E-state index >= 15 is 0 Å². The van der Waals surface area contributed by atoms with Crippen LogP contribution >= 0.6 is 0 Å². The summed E-state index contributed by atoms with van der Waals surface area (Å²) in [4.78, 5) is 0. The van der Waals surface area contributed by atoms with Crippen molar-refractivity contribution in [1.29, 1.82) is 0 Å². The second-order valence-corrected chi connectivity index (χ2v) is 6.41. The summed E-state index contributed by atoms with van der Waals surface area (Å²) < 4.78 is 41.5. The topological polar surface area (TPSA) is 21.3 Å². The van der Waals surface area contributed by atoms with Crippen molar-refractivity contribution in [2.75, 3.05) is 0 Å². The maximum absolute atomic E-state index is 12.5. The van der Waals surface area contributed by atoms with Gasteiger partial charge in [-0.1, -0.05) is 31.4 Å². The van der Waals surface area contributed by atoms with Crippen molar-refractivity contribution in [1.82, 2.24) is 5.32 Å². The molecule has 5 heteroatoms. The Kier molecular flexibility index (Phi) is 4.62. The molecule has 122 valence electrons. The van der Waals surface area contributed by atoms with E-state index in [-0.39, 0.29) is 11.7 Å². The number of benzene rings is 1. The van der Waals surface area contributed by atoms with Crippen molar-refractivity contribution in [3.8, 4) is 5.75 Å².